The van der Waals surface area contributed by atoms with Gasteiger partial charge in [0.1, 0.15) is 5.82 Å². The summed E-state index contributed by atoms with van der Waals surface area (Å²) in [7, 11) is 0. The molecule has 3 aromatic rings. The van der Waals surface area contributed by atoms with Crippen LogP contribution in [0.1, 0.15) is 40.6 Å². The number of hydrogen-bond donors (Lipinski definition) is 2. The zero-order valence-corrected chi connectivity index (χ0v) is 22.8. The zero-order chi connectivity index (χ0) is 29.7. The van der Waals surface area contributed by atoms with E-state index in [1.807, 2.05) is 6.07 Å². The molecule has 2 fully saturated rings. The Morgan fingerprint density at radius 2 is 1.74 bits per heavy atom. The van der Waals surface area contributed by atoms with Crippen molar-refractivity contribution in [3.8, 4) is 0 Å². The zero-order valence-electron chi connectivity index (χ0n) is 22.8. The lowest BCUT2D eigenvalue weighted by molar-refractivity contribution is -0.145. The van der Waals surface area contributed by atoms with Crippen molar-refractivity contribution < 1.29 is 31.5 Å². The maximum atomic E-state index is 13.8. The molecular weight excluding hydrogens is 561 g/mol. The first kappa shape index (κ1) is 30.0. The maximum absolute atomic E-state index is 13.8. The van der Waals surface area contributed by atoms with E-state index >= 15 is 0 Å². The molecule has 1 aromatic carbocycles. The Hall–Kier alpha value is -3.49. The average molecular weight is 594 g/mol. The number of carbonyl (C=O) groups is 1. The number of benzene rings is 1. The lowest BCUT2D eigenvalue weighted by Crippen LogP contribution is -2.45. The van der Waals surface area contributed by atoms with Crippen LogP contribution in [0.3, 0.4) is 0 Å². The summed E-state index contributed by atoms with van der Waals surface area (Å²) in [4.78, 5) is 28.8. The molecule has 9 nitrogen and oxygen atoms in total. The van der Waals surface area contributed by atoms with Gasteiger partial charge in [0.15, 0.2) is 0 Å². The van der Waals surface area contributed by atoms with Gasteiger partial charge in [-0.15, -0.1) is 0 Å². The second-order valence-corrected chi connectivity index (χ2v) is 10.4. The third-order valence-electron chi connectivity index (χ3n) is 7.55. The van der Waals surface area contributed by atoms with Crippen LogP contribution < -0.4 is 10.6 Å². The number of fused-ring (bicyclic) bond motifs is 1. The molecule has 0 saturated carbocycles. The number of morpholine rings is 1. The Morgan fingerprint density at radius 3 is 2.43 bits per heavy atom. The molecule has 1 unspecified atom stereocenters. The topological polar surface area (TPSA) is 95.5 Å². The number of nitrogens with zero attached hydrogens (tertiary/aromatic N) is 5. The van der Waals surface area contributed by atoms with E-state index in [4.69, 9.17) is 4.74 Å². The number of pyridine rings is 1. The monoisotopic (exact) mass is 593 g/mol. The van der Waals surface area contributed by atoms with E-state index < -0.39 is 42.7 Å². The van der Waals surface area contributed by atoms with Crippen LogP contribution in [0.4, 0.5) is 27.8 Å². The molecular formula is C28H32F5N7O2. The van der Waals surface area contributed by atoms with Crippen LogP contribution in [-0.4, -0.2) is 95.6 Å². The van der Waals surface area contributed by atoms with Gasteiger partial charge >= 0.3 is 6.18 Å². The van der Waals surface area contributed by atoms with Crippen molar-refractivity contribution in [2.45, 2.75) is 31.0 Å². The van der Waals surface area contributed by atoms with Gasteiger partial charge < -0.3 is 15.4 Å². The quantitative estimate of drug-likeness (QED) is 0.360. The van der Waals surface area contributed by atoms with E-state index in [-0.39, 0.29) is 19.6 Å². The van der Waals surface area contributed by atoms with Crippen LogP contribution in [0.15, 0.2) is 42.7 Å². The Labute approximate surface area is 239 Å². The fraction of sp³-hybridized carbons (Fsp3) is 0.500. The summed E-state index contributed by atoms with van der Waals surface area (Å²) in [6.07, 6.45) is -3.42. The molecule has 2 aliphatic heterocycles. The van der Waals surface area contributed by atoms with Crippen molar-refractivity contribution in [2.24, 2.45) is 0 Å². The molecule has 14 heteroatoms. The highest BCUT2D eigenvalue weighted by atomic mass is 19.4. The summed E-state index contributed by atoms with van der Waals surface area (Å²) in [5.41, 5.74) is 1.28. The molecule has 2 saturated heterocycles. The highest BCUT2D eigenvalue weighted by Crippen LogP contribution is 2.33. The number of rotatable bonds is 9. The Bertz CT molecular complexity index is 1360. The fourth-order valence-electron chi connectivity index (χ4n) is 5.18. The lowest BCUT2D eigenvalue weighted by atomic mass is 10.0. The highest BCUT2D eigenvalue weighted by Gasteiger charge is 2.38. The number of halogens is 5. The van der Waals surface area contributed by atoms with Gasteiger partial charge in [0.05, 0.1) is 24.8 Å². The minimum atomic E-state index is -4.71. The van der Waals surface area contributed by atoms with Crippen molar-refractivity contribution in [3.63, 3.8) is 0 Å². The first-order valence-electron chi connectivity index (χ1n) is 13.8. The van der Waals surface area contributed by atoms with E-state index in [0.29, 0.717) is 34.4 Å². The normalized spacial score (nSPS) is 19.0. The molecule has 4 heterocycles. The number of ether oxygens (including phenoxy) is 1. The number of alkyl halides is 5. The SMILES string of the molecule is O=C(NCC(c1cnc(C(F)(F)F)nc1)N1CCC(F)(F)CC1)c1cccc2nc(NCCN3CCOCC3)ccc12. The lowest BCUT2D eigenvalue weighted by Gasteiger charge is -2.37. The molecule has 0 aliphatic carbocycles. The molecule has 0 bridgehead atoms. The molecule has 2 aliphatic rings. The molecule has 2 N–H and O–H groups in total. The molecule has 226 valence electrons. The van der Waals surface area contributed by atoms with E-state index in [2.05, 4.69) is 30.5 Å². The van der Waals surface area contributed by atoms with Crippen LogP contribution in [0.25, 0.3) is 10.9 Å². The summed E-state index contributed by atoms with van der Waals surface area (Å²) >= 11 is 0. The molecule has 5 rings (SSSR count). The number of anilines is 1. The number of aromatic nitrogens is 3. The van der Waals surface area contributed by atoms with E-state index in [9.17, 15) is 26.7 Å². The van der Waals surface area contributed by atoms with Crippen molar-refractivity contribution in [1.82, 2.24) is 30.1 Å². The van der Waals surface area contributed by atoms with Crippen molar-refractivity contribution in [2.75, 3.05) is 64.3 Å². The summed E-state index contributed by atoms with van der Waals surface area (Å²) in [5.74, 6) is -3.85. The number of carbonyl (C=O) groups excluding carboxylic acids is 1. The molecule has 1 atom stereocenters. The fourth-order valence-corrected chi connectivity index (χ4v) is 5.18. The first-order valence-corrected chi connectivity index (χ1v) is 13.8. The summed E-state index contributed by atoms with van der Waals surface area (Å²) in [6, 6.07) is 8.09. The van der Waals surface area contributed by atoms with Gasteiger partial charge in [0.25, 0.3) is 11.8 Å². The molecule has 42 heavy (non-hydrogen) atoms. The van der Waals surface area contributed by atoms with Crippen molar-refractivity contribution >= 4 is 22.6 Å². The second kappa shape index (κ2) is 12.8. The smallest absolute Gasteiger partial charge is 0.379 e. The summed E-state index contributed by atoms with van der Waals surface area (Å²) in [6.45, 7) is 4.77. The number of amides is 1. The molecule has 0 spiro atoms. The van der Waals surface area contributed by atoms with Crippen LogP contribution >= 0.6 is 0 Å². The van der Waals surface area contributed by atoms with Crippen LogP contribution in [0.2, 0.25) is 0 Å². The molecule has 2 aromatic heterocycles. The standard InChI is InChI=1S/C28H32F5N7O2/c29-27(30)6-9-40(10-7-27)23(19-16-36-26(37-17-19)28(31,32)33)18-35-25(41)21-2-1-3-22-20(21)4-5-24(38-22)34-8-11-39-12-14-42-15-13-39/h1-5,16-17,23H,6-15,18H2,(H,34,38)(H,35,41). The number of nitrogens with one attached hydrogen (secondary N) is 2. The minimum Gasteiger partial charge on any atom is -0.379 e. The number of piperidine rings is 1. The first-order chi connectivity index (χ1) is 20.1. The summed E-state index contributed by atoms with van der Waals surface area (Å²) in [5, 5.41) is 6.77. The van der Waals surface area contributed by atoms with Crippen molar-refractivity contribution in [1.29, 1.82) is 0 Å². The highest BCUT2D eigenvalue weighted by molar-refractivity contribution is 6.06. The second-order valence-electron chi connectivity index (χ2n) is 10.4. The van der Waals surface area contributed by atoms with Crippen LogP contribution in [0.5, 0.6) is 0 Å². The Kier molecular flexibility index (Phi) is 9.13. The largest absolute Gasteiger partial charge is 0.451 e. The van der Waals surface area contributed by atoms with Gasteiger partial charge in [-0.1, -0.05) is 6.07 Å². The molecule has 0 radical (unpaired) electrons. The summed E-state index contributed by atoms with van der Waals surface area (Å²) < 4.78 is 72.0. The van der Waals surface area contributed by atoms with Crippen LogP contribution in [-0.2, 0) is 10.9 Å². The predicted molar refractivity (Wildman–Crippen MR) is 145 cm³/mol. The van der Waals surface area contributed by atoms with Gasteiger partial charge in [0.2, 0.25) is 5.82 Å². The number of hydrogen-bond acceptors (Lipinski definition) is 8. The predicted octanol–water partition coefficient (Wildman–Crippen LogP) is 3.99. The Balaban J connectivity index is 1.27. The van der Waals surface area contributed by atoms with Gasteiger partial charge in [-0.25, -0.2) is 23.7 Å². The van der Waals surface area contributed by atoms with E-state index in [0.717, 1.165) is 45.2 Å². The number of likely N-dealkylation sites (tertiary alicyclic amines) is 1. The van der Waals surface area contributed by atoms with Crippen molar-refractivity contribution in [3.05, 3.63) is 59.7 Å². The Morgan fingerprint density at radius 1 is 1.02 bits per heavy atom. The van der Waals surface area contributed by atoms with Gasteiger partial charge in [-0.3, -0.25) is 14.6 Å². The van der Waals surface area contributed by atoms with Crippen LogP contribution in [0, 0.1) is 0 Å². The van der Waals surface area contributed by atoms with E-state index in [1.54, 1.807) is 29.2 Å². The third kappa shape index (κ3) is 7.47. The third-order valence-corrected chi connectivity index (χ3v) is 7.55. The van der Waals surface area contributed by atoms with Gasteiger partial charge in [0, 0.05) is 87.6 Å². The van der Waals surface area contributed by atoms with Gasteiger partial charge in [-0.05, 0) is 24.3 Å². The molecule has 1 amide bonds. The average Bonchev–Trinajstić information content (AvgIpc) is 2.98. The van der Waals surface area contributed by atoms with Gasteiger partial charge in [-0.2, -0.15) is 13.2 Å². The minimum absolute atomic E-state index is 0.00800. The maximum Gasteiger partial charge on any atom is 0.451 e. The van der Waals surface area contributed by atoms with E-state index in [1.165, 1.54) is 0 Å².